The van der Waals surface area contributed by atoms with Crippen LogP contribution in [-0.2, 0) is 0 Å². The van der Waals surface area contributed by atoms with E-state index in [-0.39, 0.29) is 6.04 Å². The van der Waals surface area contributed by atoms with E-state index in [1.54, 1.807) is 11.3 Å². The van der Waals surface area contributed by atoms with Crippen molar-refractivity contribution in [2.75, 3.05) is 7.05 Å². The summed E-state index contributed by atoms with van der Waals surface area (Å²) in [6.07, 6.45) is 1.85. The highest BCUT2D eigenvalue weighted by Crippen LogP contribution is 2.31. The van der Waals surface area contributed by atoms with Gasteiger partial charge in [0.1, 0.15) is 5.58 Å². The molecule has 0 spiro atoms. The van der Waals surface area contributed by atoms with Crippen LogP contribution in [0.5, 0.6) is 0 Å². The Hall–Kier alpha value is -1.58. The van der Waals surface area contributed by atoms with E-state index in [9.17, 15) is 0 Å². The SMILES string of the molecule is CNC(c1ccsc1)c1coc2ccccc12. The fourth-order valence-electron chi connectivity index (χ4n) is 2.16. The molecule has 0 radical (unpaired) electrons. The first-order valence-electron chi connectivity index (χ1n) is 5.55. The van der Waals surface area contributed by atoms with E-state index in [1.807, 2.05) is 31.5 Å². The Bertz CT molecular complexity index is 612. The molecule has 2 nitrogen and oxygen atoms in total. The van der Waals surface area contributed by atoms with Gasteiger partial charge in [-0.3, -0.25) is 0 Å². The highest BCUT2D eigenvalue weighted by Gasteiger charge is 2.17. The van der Waals surface area contributed by atoms with E-state index >= 15 is 0 Å². The van der Waals surface area contributed by atoms with E-state index in [0.29, 0.717) is 0 Å². The molecule has 1 atom stereocenters. The smallest absolute Gasteiger partial charge is 0.134 e. The summed E-state index contributed by atoms with van der Waals surface area (Å²) in [5, 5.41) is 8.79. The molecule has 2 aromatic heterocycles. The number of benzene rings is 1. The second kappa shape index (κ2) is 4.35. The molecule has 86 valence electrons. The highest BCUT2D eigenvalue weighted by molar-refractivity contribution is 7.08. The Morgan fingerprint density at radius 3 is 2.88 bits per heavy atom. The number of furan rings is 1. The van der Waals surface area contributed by atoms with Crippen LogP contribution in [-0.4, -0.2) is 7.05 Å². The van der Waals surface area contributed by atoms with Crippen molar-refractivity contribution < 1.29 is 4.42 Å². The van der Waals surface area contributed by atoms with Crippen LogP contribution in [0.15, 0.2) is 51.8 Å². The third-order valence-electron chi connectivity index (χ3n) is 2.99. The molecule has 0 aliphatic heterocycles. The van der Waals surface area contributed by atoms with Crippen LogP contribution in [0.2, 0.25) is 0 Å². The standard InChI is InChI=1S/C14H13NOS/c1-15-14(10-6-7-17-9-10)12-8-16-13-5-3-2-4-11(12)13/h2-9,14-15H,1H3. The second-order valence-corrected chi connectivity index (χ2v) is 4.75. The summed E-state index contributed by atoms with van der Waals surface area (Å²) in [5.41, 5.74) is 3.42. The first kappa shape index (κ1) is 10.6. The third-order valence-corrected chi connectivity index (χ3v) is 3.69. The van der Waals surface area contributed by atoms with Gasteiger partial charge in [0.15, 0.2) is 0 Å². The van der Waals surface area contributed by atoms with Crippen molar-refractivity contribution in [1.29, 1.82) is 0 Å². The van der Waals surface area contributed by atoms with Crippen molar-refractivity contribution in [3.8, 4) is 0 Å². The molecular weight excluding hydrogens is 230 g/mol. The summed E-state index contributed by atoms with van der Waals surface area (Å²) in [4.78, 5) is 0. The molecule has 0 saturated carbocycles. The predicted molar refractivity (Wildman–Crippen MR) is 71.4 cm³/mol. The maximum absolute atomic E-state index is 5.59. The summed E-state index contributed by atoms with van der Waals surface area (Å²) >= 11 is 1.72. The maximum atomic E-state index is 5.59. The number of hydrogen-bond donors (Lipinski definition) is 1. The van der Waals surface area contributed by atoms with Crippen LogP contribution in [0.4, 0.5) is 0 Å². The Balaban J connectivity index is 2.13. The fourth-order valence-corrected chi connectivity index (χ4v) is 2.85. The van der Waals surface area contributed by atoms with Crippen molar-refractivity contribution in [2.45, 2.75) is 6.04 Å². The molecule has 1 aromatic carbocycles. The predicted octanol–water partition coefficient (Wildman–Crippen LogP) is 3.80. The van der Waals surface area contributed by atoms with Gasteiger partial charge in [-0.05, 0) is 35.5 Å². The van der Waals surface area contributed by atoms with Crippen LogP contribution in [0.3, 0.4) is 0 Å². The Morgan fingerprint density at radius 2 is 2.12 bits per heavy atom. The van der Waals surface area contributed by atoms with Gasteiger partial charge >= 0.3 is 0 Å². The van der Waals surface area contributed by atoms with Crippen LogP contribution in [0, 0.1) is 0 Å². The average Bonchev–Trinajstić information content (AvgIpc) is 3.01. The van der Waals surface area contributed by atoms with Crippen molar-refractivity contribution in [3.63, 3.8) is 0 Å². The summed E-state index contributed by atoms with van der Waals surface area (Å²) in [6, 6.07) is 10.5. The molecule has 3 aromatic rings. The molecule has 3 heteroatoms. The largest absolute Gasteiger partial charge is 0.464 e. The molecule has 0 amide bonds. The van der Waals surface area contributed by atoms with Gasteiger partial charge in [0.2, 0.25) is 0 Å². The van der Waals surface area contributed by atoms with Crippen molar-refractivity contribution >= 4 is 22.3 Å². The van der Waals surface area contributed by atoms with Crippen LogP contribution in [0.1, 0.15) is 17.2 Å². The molecule has 0 bridgehead atoms. The molecule has 17 heavy (non-hydrogen) atoms. The molecule has 2 heterocycles. The lowest BCUT2D eigenvalue weighted by molar-refractivity contribution is 0.597. The number of fused-ring (bicyclic) bond motifs is 1. The Labute approximate surface area is 104 Å². The van der Waals surface area contributed by atoms with E-state index < -0.39 is 0 Å². The van der Waals surface area contributed by atoms with Gasteiger partial charge in [0.05, 0.1) is 12.3 Å². The molecule has 0 aliphatic rings. The van der Waals surface area contributed by atoms with E-state index in [2.05, 4.69) is 28.2 Å². The zero-order chi connectivity index (χ0) is 11.7. The van der Waals surface area contributed by atoms with E-state index in [4.69, 9.17) is 4.42 Å². The zero-order valence-electron chi connectivity index (χ0n) is 9.51. The minimum atomic E-state index is 0.199. The van der Waals surface area contributed by atoms with Gasteiger partial charge in [0.25, 0.3) is 0 Å². The van der Waals surface area contributed by atoms with Gasteiger partial charge in [-0.15, -0.1) is 0 Å². The van der Waals surface area contributed by atoms with E-state index in [0.717, 1.165) is 5.58 Å². The normalized spacial score (nSPS) is 13.0. The van der Waals surface area contributed by atoms with Crippen LogP contribution >= 0.6 is 11.3 Å². The number of nitrogens with one attached hydrogen (secondary N) is 1. The summed E-state index contributed by atoms with van der Waals surface area (Å²) < 4.78 is 5.59. The third kappa shape index (κ3) is 1.77. The van der Waals surface area contributed by atoms with Gasteiger partial charge < -0.3 is 9.73 Å². The summed E-state index contributed by atoms with van der Waals surface area (Å²) in [5.74, 6) is 0. The molecule has 0 aliphatic carbocycles. The topological polar surface area (TPSA) is 25.2 Å². The van der Waals surface area contributed by atoms with Gasteiger partial charge in [-0.1, -0.05) is 18.2 Å². The minimum Gasteiger partial charge on any atom is -0.464 e. The van der Waals surface area contributed by atoms with Crippen molar-refractivity contribution in [1.82, 2.24) is 5.32 Å². The molecule has 0 saturated heterocycles. The number of thiophene rings is 1. The maximum Gasteiger partial charge on any atom is 0.134 e. The molecule has 3 rings (SSSR count). The zero-order valence-corrected chi connectivity index (χ0v) is 10.3. The second-order valence-electron chi connectivity index (χ2n) is 3.97. The number of hydrogen-bond acceptors (Lipinski definition) is 3. The molecule has 0 fully saturated rings. The molecular formula is C14H13NOS. The Morgan fingerprint density at radius 1 is 1.24 bits per heavy atom. The number of rotatable bonds is 3. The minimum absolute atomic E-state index is 0.199. The van der Waals surface area contributed by atoms with Crippen molar-refractivity contribution in [3.05, 3.63) is 58.5 Å². The number of para-hydroxylation sites is 1. The van der Waals surface area contributed by atoms with Gasteiger partial charge in [-0.2, -0.15) is 11.3 Å². The van der Waals surface area contributed by atoms with Crippen molar-refractivity contribution in [2.24, 2.45) is 0 Å². The first-order valence-corrected chi connectivity index (χ1v) is 6.50. The summed E-state index contributed by atoms with van der Waals surface area (Å²) in [7, 11) is 1.98. The highest BCUT2D eigenvalue weighted by atomic mass is 32.1. The van der Waals surface area contributed by atoms with Crippen LogP contribution < -0.4 is 5.32 Å². The van der Waals surface area contributed by atoms with Crippen LogP contribution in [0.25, 0.3) is 11.0 Å². The quantitative estimate of drug-likeness (QED) is 0.757. The molecule has 1 unspecified atom stereocenters. The summed E-state index contributed by atoms with van der Waals surface area (Å²) in [6.45, 7) is 0. The monoisotopic (exact) mass is 243 g/mol. The first-order chi connectivity index (χ1) is 8.40. The molecule has 1 N–H and O–H groups in total. The van der Waals surface area contributed by atoms with Gasteiger partial charge in [0, 0.05) is 10.9 Å². The lowest BCUT2D eigenvalue weighted by Crippen LogP contribution is -2.16. The van der Waals surface area contributed by atoms with E-state index in [1.165, 1.54) is 16.5 Å². The lowest BCUT2D eigenvalue weighted by atomic mass is 10.0. The fraction of sp³-hybridized carbons (Fsp3) is 0.143. The van der Waals surface area contributed by atoms with Gasteiger partial charge in [-0.25, -0.2) is 0 Å². The lowest BCUT2D eigenvalue weighted by Gasteiger charge is -2.13. The average molecular weight is 243 g/mol. The Kier molecular flexibility index (Phi) is 2.71.